The first-order chi connectivity index (χ1) is 11.5. The van der Waals surface area contributed by atoms with E-state index in [0.29, 0.717) is 32.0 Å². The number of nitrogens with zero attached hydrogens (tertiary/aromatic N) is 1. The van der Waals surface area contributed by atoms with E-state index in [4.69, 9.17) is 14.9 Å². The second-order valence-corrected chi connectivity index (χ2v) is 5.02. The van der Waals surface area contributed by atoms with Crippen molar-refractivity contribution >= 4 is 17.4 Å². The Morgan fingerprint density at radius 2 is 2.00 bits per heavy atom. The number of hydrogen-bond acceptors (Lipinski definition) is 5. The van der Waals surface area contributed by atoms with E-state index in [9.17, 15) is 14.3 Å². The molecule has 7 nitrogen and oxygen atoms in total. The molecule has 1 aromatic carbocycles. The van der Waals surface area contributed by atoms with Crippen LogP contribution in [0, 0.1) is 11.2 Å². The van der Waals surface area contributed by atoms with Crippen LogP contribution in [0.2, 0.25) is 0 Å². The zero-order chi connectivity index (χ0) is 17.5. The summed E-state index contributed by atoms with van der Waals surface area (Å²) in [7, 11) is 0. The summed E-state index contributed by atoms with van der Waals surface area (Å²) >= 11 is 0. The van der Waals surface area contributed by atoms with Crippen molar-refractivity contribution in [3.63, 3.8) is 0 Å². The lowest BCUT2D eigenvalue weighted by Crippen LogP contribution is -2.43. The molecule has 0 spiro atoms. The quantitative estimate of drug-likeness (QED) is 0.330. The lowest BCUT2D eigenvalue weighted by Gasteiger charge is -2.29. The van der Waals surface area contributed by atoms with E-state index in [1.807, 2.05) is 0 Å². The molecular formula is C16H20FN3O4. The van der Waals surface area contributed by atoms with Gasteiger partial charge in [-0.05, 0) is 31.2 Å². The molecule has 1 amide bonds. The van der Waals surface area contributed by atoms with Gasteiger partial charge in [0.25, 0.3) is 11.9 Å². The molecule has 0 aromatic heterocycles. The molecular weight excluding hydrogens is 317 g/mol. The monoisotopic (exact) mass is 337 g/mol. The standard InChI is InChI=1S/C16H20FN3O4/c1-2-24-16(22)13(14(18)20-7-9-23-10-8-20)15(21)19-12-5-3-11(17)4-6-12/h3-6,18,22H,2,7-10H2,1H3,(H,19,21). The predicted molar refractivity (Wildman–Crippen MR) is 86.4 cm³/mol. The molecule has 8 heteroatoms. The highest BCUT2D eigenvalue weighted by atomic mass is 19.1. The van der Waals surface area contributed by atoms with Crippen LogP contribution in [0.25, 0.3) is 0 Å². The third-order valence-corrected chi connectivity index (χ3v) is 3.39. The number of morpholine rings is 1. The van der Waals surface area contributed by atoms with Crippen LogP contribution in [0.4, 0.5) is 10.1 Å². The first-order valence-electron chi connectivity index (χ1n) is 7.57. The molecule has 24 heavy (non-hydrogen) atoms. The summed E-state index contributed by atoms with van der Waals surface area (Å²) in [6.07, 6.45) is 0. The Hall–Kier alpha value is -2.61. The van der Waals surface area contributed by atoms with Crippen molar-refractivity contribution in [3.05, 3.63) is 41.6 Å². The summed E-state index contributed by atoms with van der Waals surface area (Å²) in [5.74, 6) is -1.90. The van der Waals surface area contributed by atoms with Crippen LogP contribution in [0.1, 0.15) is 6.92 Å². The Bertz CT molecular complexity index is 625. The Labute approximate surface area is 139 Å². The molecule has 1 fully saturated rings. The van der Waals surface area contributed by atoms with Gasteiger partial charge in [-0.15, -0.1) is 0 Å². The molecule has 130 valence electrons. The van der Waals surface area contributed by atoms with Crippen LogP contribution < -0.4 is 5.32 Å². The van der Waals surface area contributed by atoms with Crippen LogP contribution in [0.3, 0.4) is 0 Å². The van der Waals surface area contributed by atoms with E-state index in [1.165, 1.54) is 24.3 Å². The molecule has 0 radical (unpaired) electrons. The molecule has 1 aliphatic rings. The SMILES string of the molecule is CCOC(O)=C(C(=N)N1CCOCC1)C(=O)Nc1ccc(F)cc1. The Kier molecular flexibility index (Phi) is 6.14. The van der Waals surface area contributed by atoms with Crippen molar-refractivity contribution in [2.24, 2.45) is 0 Å². The number of carbonyl (C=O) groups is 1. The van der Waals surface area contributed by atoms with Crippen LogP contribution >= 0.6 is 0 Å². The molecule has 1 aliphatic heterocycles. The minimum atomic E-state index is -0.705. The zero-order valence-corrected chi connectivity index (χ0v) is 13.3. The second-order valence-electron chi connectivity index (χ2n) is 5.02. The highest BCUT2D eigenvalue weighted by Crippen LogP contribution is 2.15. The average Bonchev–Trinajstić information content (AvgIpc) is 2.58. The lowest BCUT2D eigenvalue weighted by molar-refractivity contribution is -0.113. The highest BCUT2D eigenvalue weighted by molar-refractivity contribution is 6.23. The fraction of sp³-hybridized carbons (Fsp3) is 0.375. The minimum absolute atomic E-state index is 0.148. The van der Waals surface area contributed by atoms with Gasteiger partial charge >= 0.3 is 0 Å². The maximum atomic E-state index is 12.9. The maximum absolute atomic E-state index is 12.9. The van der Waals surface area contributed by atoms with Crippen LogP contribution in [-0.2, 0) is 14.3 Å². The number of hydrogen-bond donors (Lipinski definition) is 3. The number of halogens is 1. The molecule has 2 rings (SSSR count). The van der Waals surface area contributed by atoms with Gasteiger partial charge < -0.3 is 24.8 Å². The van der Waals surface area contributed by atoms with E-state index >= 15 is 0 Å². The predicted octanol–water partition coefficient (Wildman–Crippen LogP) is 1.88. The molecule has 0 saturated carbocycles. The number of aliphatic hydroxyl groups excluding tert-OH is 1. The normalized spacial score (nSPS) is 15.5. The van der Waals surface area contributed by atoms with Gasteiger partial charge in [0.2, 0.25) is 0 Å². The minimum Gasteiger partial charge on any atom is -0.480 e. The molecule has 0 atom stereocenters. The average molecular weight is 337 g/mol. The van der Waals surface area contributed by atoms with E-state index in [1.54, 1.807) is 11.8 Å². The molecule has 1 aromatic rings. The smallest absolute Gasteiger partial charge is 0.293 e. The summed E-state index contributed by atoms with van der Waals surface area (Å²) in [4.78, 5) is 14.1. The maximum Gasteiger partial charge on any atom is 0.293 e. The number of benzene rings is 1. The number of amidine groups is 1. The van der Waals surface area contributed by atoms with Gasteiger partial charge in [-0.2, -0.15) is 0 Å². The Balaban J connectivity index is 2.21. The van der Waals surface area contributed by atoms with Gasteiger partial charge in [-0.25, -0.2) is 4.39 Å². The summed E-state index contributed by atoms with van der Waals surface area (Å²) in [6.45, 7) is 3.55. The molecule has 3 N–H and O–H groups in total. The molecule has 1 heterocycles. The third-order valence-electron chi connectivity index (χ3n) is 3.39. The van der Waals surface area contributed by atoms with Crippen molar-refractivity contribution in [2.45, 2.75) is 6.92 Å². The van der Waals surface area contributed by atoms with Crippen molar-refractivity contribution in [1.82, 2.24) is 4.90 Å². The summed E-state index contributed by atoms with van der Waals surface area (Å²) in [5.41, 5.74) is 0.0704. The van der Waals surface area contributed by atoms with Gasteiger partial charge in [0, 0.05) is 18.8 Å². The van der Waals surface area contributed by atoms with Gasteiger partial charge in [-0.1, -0.05) is 0 Å². The number of nitrogens with one attached hydrogen (secondary N) is 2. The van der Waals surface area contributed by atoms with Gasteiger partial charge in [0.15, 0.2) is 5.57 Å². The number of rotatable bonds is 5. The Morgan fingerprint density at radius 3 is 2.58 bits per heavy atom. The van der Waals surface area contributed by atoms with Crippen molar-refractivity contribution in [1.29, 1.82) is 5.41 Å². The van der Waals surface area contributed by atoms with Crippen molar-refractivity contribution in [3.8, 4) is 0 Å². The van der Waals surface area contributed by atoms with Gasteiger partial charge in [0.1, 0.15) is 11.7 Å². The van der Waals surface area contributed by atoms with Crippen LogP contribution in [-0.4, -0.2) is 54.7 Å². The fourth-order valence-electron chi connectivity index (χ4n) is 2.19. The first-order valence-corrected chi connectivity index (χ1v) is 7.57. The summed E-state index contributed by atoms with van der Waals surface area (Å²) < 4.78 is 23.2. The fourth-order valence-corrected chi connectivity index (χ4v) is 2.19. The molecule has 0 bridgehead atoms. The van der Waals surface area contributed by atoms with E-state index in [0.717, 1.165) is 0 Å². The van der Waals surface area contributed by atoms with Crippen LogP contribution in [0.5, 0.6) is 0 Å². The number of aliphatic hydroxyl groups is 1. The van der Waals surface area contributed by atoms with Gasteiger partial charge in [-0.3, -0.25) is 10.2 Å². The summed E-state index contributed by atoms with van der Waals surface area (Å²) in [5, 5.41) is 20.8. The number of amides is 1. The number of ether oxygens (including phenoxy) is 2. The highest BCUT2D eigenvalue weighted by Gasteiger charge is 2.27. The molecule has 0 aliphatic carbocycles. The second kappa shape index (κ2) is 8.30. The Morgan fingerprint density at radius 1 is 1.38 bits per heavy atom. The first kappa shape index (κ1) is 17.7. The van der Waals surface area contributed by atoms with Crippen molar-refractivity contribution < 1.29 is 23.8 Å². The number of carbonyl (C=O) groups excluding carboxylic acids is 1. The van der Waals surface area contributed by atoms with E-state index < -0.39 is 17.7 Å². The molecule has 0 unspecified atom stereocenters. The van der Waals surface area contributed by atoms with Crippen LogP contribution in [0.15, 0.2) is 35.8 Å². The number of anilines is 1. The van der Waals surface area contributed by atoms with E-state index in [2.05, 4.69) is 5.32 Å². The largest absolute Gasteiger partial charge is 0.480 e. The zero-order valence-electron chi connectivity index (χ0n) is 13.3. The topological polar surface area (TPSA) is 94.9 Å². The summed E-state index contributed by atoms with van der Waals surface area (Å²) in [6, 6.07) is 5.19. The van der Waals surface area contributed by atoms with Gasteiger partial charge in [0.05, 0.1) is 19.8 Å². The third kappa shape index (κ3) is 4.45. The lowest BCUT2D eigenvalue weighted by atomic mass is 10.2. The van der Waals surface area contributed by atoms with Crippen molar-refractivity contribution in [2.75, 3.05) is 38.2 Å². The molecule has 1 saturated heterocycles. The van der Waals surface area contributed by atoms with E-state index in [-0.39, 0.29) is 18.0 Å².